The minimum atomic E-state index is -0.365. The number of anilines is 1. The maximum atomic E-state index is 12.6. The molecular weight excluding hydrogens is 344 g/mol. The molecule has 7 heteroatoms. The van der Waals surface area contributed by atoms with E-state index in [2.05, 4.69) is 31.2 Å². The molecule has 1 amide bonds. The average molecular weight is 368 g/mol. The van der Waals surface area contributed by atoms with Gasteiger partial charge in [0.05, 0.1) is 11.4 Å². The van der Waals surface area contributed by atoms with Gasteiger partial charge in [0.15, 0.2) is 11.5 Å². The van der Waals surface area contributed by atoms with Crippen molar-refractivity contribution in [1.82, 2.24) is 14.9 Å². The molecule has 0 bridgehead atoms. The summed E-state index contributed by atoms with van der Waals surface area (Å²) in [5.41, 5.74) is 2.89. The van der Waals surface area contributed by atoms with E-state index < -0.39 is 0 Å². The lowest BCUT2D eigenvalue weighted by Gasteiger charge is -2.14. The van der Waals surface area contributed by atoms with Crippen molar-refractivity contribution in [3.05, 3.63) is 59.1 Å². The topological polar surface area (TPSA) is 82.2 Å². The Labute approximate surface area is 158 Å². The Morgan fingerprint density at radius 2 is 2.04 bits per heavy atom. The molecule has 0 aliphatic heterocycles. The van der Waals surface area contributed by atoms with Gasteiger partial charge in [-0.1, -0.05) is 38.1 Å². The molecule has 3 rings (SSSR count). The number of aryl methyl sites for hydroxylation is 1. The summed E-state index contributed by atoms with van der Waals surface area (Å²) >= 11 is 0. The van der Waals surface area contributed by atoms with E-state index in [0.717, 1.165) is 16.9 Å². The van der Waals surface area contributed by atoms with Crippen LogP contribution in [-0.4, -0.2) is 28.0 Å². The predicted octanol–water partition coefficient (Wildman–Crippen LogP) is 3.86. The Morgan fingerprint density at radius 1 is 1.26 bits per heavy atom. The van der Waals surface area contributed by atoms with Gasteiger partial charge in [0, 0.05) is 24.7 Å². The summed E-state index contributed by atoms with van der Waals surface area (Å²) in [6, 6.07) is 11.4. The number of rotatable bonds is 5. The van der Waals surface area contributed by atoms with E-state index in [1.165, 1.54) is 0 Å². The van der Waals surface area contributed by atoms with E-state index in [-0.39, 0.29) is 23.6 Å². The molecule has 0 atom stereocenters. The van der Waals surface area contributed by atoms with Crippen molar-refractivity contribution >= 4 is 11.7 Å². The van der Waals surface area contributed by atoms with Crippen molar-refractivity contribution in [2.45, 2.75) is 39.7 Å². The van der Waals surface area contributed by atoms with Crippen LogP contribution in [0.3, 0.4) is 0 Å². The van der Waals surface area contributed by atoms with E-state index in [0.29, 0.717) is 11.6 Å². The van der Waals surface area contributed by atoms with Crippen LogP contribution in [0.5, 0.6) is 0 Å². The van der Waals surface area contributed by atoms with Crippen molar-refractivity contribution < 1.29 is 14.1 Å². The molecule has 0 saturated heterocycles. The van der Waals surface area contributed by atoms with Gasteiger partial charge in [0.2, 0.25) is 0 Å². The number of carbonyl (C=O) groups is 1. The number of methoxy groups -OCH3 is 1. The molecule has 2 aromatic heterocycles. The molecule has 1 aromatic carbocycles. The van der Waals surface area contributed by atoms with Gasteiger partial charge >= 0.3 is 0 Å². The molecule has 0 radical (unpaired) electrons. The first-order chi connectivity index (χ1) is 12.8. The van der Waals surface area contributed by atoms with Gasteiger partial charge in [0.1, 0.15) is 12.4 Å². The zero-order valence-electron chi connectivity index (χ0n) is 16.2. The molecule has 0 saturated carbocycles. The summed E-state index contributed by atoms with van der Waals surface area (Å²) in [6.07, 6.45) is 0. The molecule has 27 heavy (non-hydrogen) atoms. The van der Waals surface area contributed by atoms with Gasteiger partial charge in [-0.25, -0.2) is 4.68 Å². The number of benzene rings is 1. The van der Waals surface area contributed by atoms with Crippen LogP contribution < -0.4 is 5.32 Å². The molecule has 142 valence electrons. The van der Waals surface area contributed by atoms with E-state index in [4.69, 9.17) is 14.4 Å². The van der Waals surface area contributed by atoms with E-state index in [9.17, 15) is 4.79 Å². The zero-order valence-corrected chi connectivity index (χ0v) is 16.2. The van der Waals surface area contributed by atoms with Gasteiger partial charge in [0.25, 0.3) is 5.91 Å². The van der Waals surface area contributed by atoms with Crippen molar-refractivity contribution in [3.8, 4) is 5.69 Å². The van der Waals surface area contributed by atoms with Crippen LogP contribution in [0.4, 0.5) is 5.82 Å². The lowest BCUT2D eigenvalue weighted by Crippen LogP contribution is -2.15. The molecule has 2 heterocycles. The van der Waals surface area contributed by atoms with Crippen LogP contribution in [0.2, 0.25) is 0 Å². The lowest BCUT2D eigenvalue weighted by atomic mass is 9.92. The van der Waals surface area contributed by atoms with Crippen LogP contribution in [0, 0.1) is 6.92 Å². The monoisotopic (exact) mass is 368 g/mol. The minimum Gasteiger partial charge on any atom is -0.377 e. The molecule has 1 N–H and O–H groups in total. The fraction of sp³-hybridized carbons (Fsp3) is 0.350. The van der Waals surface area contributed by atoms with Gasteiger partial charge in [-0.2, -0.15) is 5.10 Å². The van der Waals surface area contributed by atoms with Gasteiger partial charge in [-0.05, 0) is 24.6 Å². The summed E-state index contributed by atoms with van der Waals surface area (Å²) in [4.78, 5) is 12.6. The summed E-state index contributed by atoms with van der Waals surface area (Å²) < 4.78 is 11.8. The number of aromatic nitrogens is 3. The minimum absolute atomic E-state index is 0.159. The maximum absolute atomic E-state index is 12.6. The van der Waals surface area contributed by atoms with Crippen LogP contribution in [0.15, 0.2) is 40.9 Å². The second-order valence-electron chi connectivity index (χ2n) is 7.48. The smallest absolute Gasteiger partial charge is 0.279 e. The first-order valence-corrected chi connectivity index (χ1v) is 8.71. The second kappa shape index (κ2) is 7.36. The van der Waals surface area contributed by atoms with Gasteiger partial charge in [-0.15, -0.1) is 0 Å². The summed E-state index contributed by atoms with van der Waals surface area (Å²) in [5, 5.41) is 11.4. The Hall–Kier alpha value is -2.93. The number of hydrogen-bond acceptors (Lipinski definition) is 5. The largest absolute Gasteiger partial charge is 0.377 e. The highest BCUT2D eigenvalue weighted by atomic mass is 16.5. The second-order valence-corrected chi connectivity index (χ2v) is 7.48. The number of hydrogen-bond donors (Lipinski definition) is 1. The number of nitrogens with zero attached hydrogens (tertiary/aromatic N) is 3. The summed E-state index contributed by atoms with van der Waals surface area (Å²) in [6.45, 7) is 8.51. The molecular formula is C20H24N4O3. The van der Waals surface area contributed by atoms with Crippen LogP contribution >= 0.6 is 0 Å². The molecule has 0 aliphatic rings. The Kier molecular flexibility index (Phi) is 5.14. The third-order valence-electron chi connectivity index (χ3n) is 4.04. The fourth-order valence-electron chi connectivity index (χ4n) is 2.60. The van der Waals surface area contributed by atoms with Crippen LogP contribution in [0.25, 0.3) is 5.69 Å². The van der Waals surface area contributed by atoms with E-state index in [1.807, 2.05) is 37.3 Å². The first-order valence-electron chi connectivity index (χ1n) is 8.71. The van der Waals surface area contributed by atoms with Crippen LogP contribution in [-0.2, 0) is 16.8 Å². The molecule has 0 fully saturated rings. The van der Waals surface area contributed by atoms with E-state index >= 15 is 0 Å². The molecule has 0 aliphatic carbocycles. The first kappa shape index (κ1) is 18.8. The lowest BCUT2D eigenvalue weighted by molar-refractivity contribution is 0.101. The fourth-order valence-corrected chi connectivity index (χ4v) is 2.60. The molecule has 3 aromatic rings. The standard InChI is InChI=1S/C20H24N4O3/c1-13-7-6-8-14(9-13)24-18(11-17(22-24)20(2,3)4)21-19(25)16-10-15(12-26-5)27-23-16/h6-11H,12H2,1-5H3,(H,21,25). The number of ether oxygens (including phenoxy) is 1. The molecule has 7 nitrogen and oxygen atoms in total. The quantitative estimate of drug-likeness (QED) is 0.739. The van der Waals surface area contributed by atoms with Gasteiger partial charge in [-0.3, -0.25) is 4.79 Å². The average Bonchev–Trinajstić information content (AvgIpc) is 3.22. The summed E-state index contributed by atoms with van der Waals surface area (Å²) in [5.74, 6) is 0.701. The highest BCUT2D eigenvalue weighted by molar-refractivity contribution is 6.02. The number of nitrogens with one attached hydrogen (secondary N) is 1. The van der Waals surface area contributed by atoms with Crippen molar-refractivity contribution in [3.63, 3.8) is 0 Å². The molecule has 0 spiro atoms. The van der Waals surface area contributed by atoms with Crippen molar-refractivity contribution in [2.24, 2.45) is 0 Å². The number of carbonyl (C=O) groups excluding carboxylic acids is 1. The SMILES string of the molecule is COCc1cc(C(=O)Nc2cc(C(C)(C)C)nn2-c2cccc(C)c2)no1. The highest BCUT2D eigenvalue weighted by Crippen LogP contribution is 2.27. The summed E-state index contributed by atoms with van der Waals surface area (Å²) in [7, 11) is 1.55. The van der Waals surface area contributed by atoms with Crippen LogP contribution in [0.1, 0.15) is 48.3 Å². The Morgan fingerprint density at radius 3 is 2.70 bits per heavy atom. The van der Waals surface area contributed by atoms with E-state index in [1.54, 1.807) is 17.9 Å². The Balaban J connectivity index is 1.95. The Bertz CT molecular complexity index is 950. The zero-order chi connectivity index (χ0) is 19.6. The van der Waals surface area contributed by atoms with Gasteiger partial charge < -0.3 is 14.6 Å². The normalized spacial score (nSPS) is 11.6. The molecule has 0 unspecified atom stereocenters. The van der Waals surface area contributed by atoms with Crippen molar-refractivity contribution in [1.29, 1.82) is 0 Å². The third-order valence-corrected chi connectivity index (χ3v) is 4.04. The highest BCUT2D eigenvalue weighted by Gasteiger charge is 2.22. The maximum Gasteiger partial charge on any atom is 0.279 e. The third kappa shape index (κ3) is 4.25. The number of amides is 1. The van der Waals surface area contributed by atoms with Crippen molar-refractivity contribution in [2.75, 3.05) is 12.4 Å². The predicted molar refractivity (Wildman–Crippen MR) is 102 cm³/mol.